The Hall–Kier alpha value is -2.32. The maximum Gasteiger partial charge on any atom is 0.407 e. The number of ether oxygens (including phenoxy) is 3. The van der Waals surface area contributed by atoms with Crippen molar-refractivity contribution in [3.05, 3.63) is 0 Å². The number of unbranched alkanes of at least 4 members (excludes halogenated alkanes) is 1. The first kappa shape index (κ1) is 26.3. The average Bonchev–Trinajstić information content (AvgIpc) is 2.74. The quantitative estimate of drug-likeness (QED) is 0.296. The van der Waals surface area contributed by atoms with Crippen molar-refractivity contribution in [2.45, 2.75) is 90.2 Å². The lowest BCUT2D eigenvalue weighted by Crippen LogP contribution is -2.61. The number of hydrogen-bond acceptors (Lipinski definition) is 7. The molecule has 9 nitrogen and oxygen atoms in total. The Kier molecular flexibility index (Phi) is 7.82. The molecule has 4 saturated carbocycles. The van der Waals surface area contributed by atoms with Crippen molar-refractivity contribution in [2.75, 3.05) is 20.8 Å². The topological polar surface area (TPSA) is 120 Å². The van der Waals surface area contributed by atoms with Gasteiger partial charge >= 0.3 is 18.0 Å². The van der Waals surface area contributed by atoms with Crippen LogP contribution in [0.3, 0.4) is 0 Å². The van der Waals surface area contributed by atoms with Crippen LogP contribution in [0.15, 0.2) is 0 Å². The fourth-order valence-electron chi connectivity index (χ4n) is 6.66. The van der Waals surface area contributed by atoms with Gasteiger partial charge in [-0.1, -0.05) is 0 Å². The van der Waals surface area contributed by atoms with E-state index in [9.17, 15) is 19.2 Å². The molecule has 4 bridgehead atoms. The van der Waals surface area contributed by atoms with E-state index >= 15 is 0 Å². The summed E-state index contributed by atoms with van der Waals surface area (Å²) in [7, 11) is 2.72. The fraction of sp³-hybridized carbons (Fsp3) is 0.840. The highest BCUT2D eigenvalue weighted by molar-refractivity contribution is 5.89. The number of alkyl carbamates (subject to hydrolysis) is 1. The third kappa shape index (κ3) is 5.84. The molecule has 0 aliphatic heterocycles. The number of hydrogen-bond donors (Lipinski definition) is 2. The molecule has 2 N–H and O–H groups in total. The molecule has 0 aromatic heterocycles. The summed E-state index contributed by atoms with van der Waals surface area (Å²) in [6, 6.07) is -0.763. The molecule has 2 amide bonds. The van der Waals surface area contributed by atoms with Crippen molar-refractivity contribution >= 4 is 23.9 Å². The van der Waals surface area contributed by atoms with Crippen LogP contribution in [0, 0.1) is 22.7 Å². The Morgan fingerprint density at radius 3 is 2.12 bits per heavy atom. The maximum atomic E-state index is 13.5. The summed E-state index contributed by atoms with van der Waals surface area (Å²) in [6.07, 6.45) is 5.78. The Morgan fingerprint density at radius 2 is 1.56 bits per heavy atom. The van der Waals surface area contributed by atoms with Gasteiger partial charge in [0.1, 0.15) is 11.6 Å². The van der Waals surface area contributed by atoms with E-state index in [1.807, 2.05) is 0 Å². The van der Waals surface area contributed by atoms with Crippen LogP contribution in [0.25, 0.3) is 0 Å². The molecular formula is C25H40N2O7. The van der Waals surface area contributed by atoms with E-state index in [1.54, 1.807) is 20.8 Å². The minimum atomic E-state index is -0.763. The van der Waals surface area contributed by atoms with E-state index in [-0.39, 0.29) is 11.9 Å². The Morgan fingerprint density at radius 1 is 0.941 bits per heavy atom. The standard InChI is InChI=1S/C25H40N2O7/c1-23(2,3)34-22(31)26-9-7-6-8-18(19(28)32-4)27-20(29)24-11-16-10-17(12-24)14-25(13-16,15-24)21(30)33-5/h16-18H,6-15H2,1-5H3,(H,26,31)(H,27,29)/t16?,17?,18-,24?,25?/m0/s1. The molecule has 4 aliphatic carbocycles. The van der Waals surface area contributed by atoms with E-state index in [0.29, 0.717) is 44.1 Å². The molecular weight excluding hydrogens is 440 g/mol. The predicted molar refractivity (Wildman–Crippen MR) is 124 cm³/mol. The van der Waals surface area contributed by atoms with Gasteiger partial charge in [0.05, 0.1) is 25.0 Å². The lowest BCUT2D eigenvalue weighted by atomic mass is 9.44. The number of carbonyl (C=O) groups excluding carboxylic acids is 4. The van der Waals surface area contributed by atoms with Crippen molar-refractivity contribution in [3.8, 4) is 0 Å². The van der Waals surface area contributed by atoms with Crippen LogP contribution in [-0.4, -0.2) is 56.3 Å². The molecule has 4 fully saturated rings. The van der Waals surface area contributed by atoms with Gasteiger partial charge in [-0.25, -0.2) is 9.59 Å². The first-order chi connectivity index (χ1) is 15.9. The first-order valence-corrected chi connectivity index (χ1v) is 12.4. The summed E-state index contributed by atoms with van der Waals surface area (Å²) < 4.78 is 15.3. The van der Waals surface area contributed by atoms with Gasteiger partial charge < -0.3 is 24.8 Å². The van der Waals surface area contributed by atoms with E-state index < -0.39 is 34.5 Å². The summed E-state index contributed by atoms with van der Waals surface area (Å²) in [5.74, 6) is -0.179. The molecule has 0 spiro atoms. The van der Waals surface area contributed by atoms with Gasteiger partial charge in [0.15, 0.2) is 0 Å². The second kappa shape index (κ2) is 10.1. The second-order valence-corrected chi connectivity index (χ2v) is 11.5. The first-order valence-electron chi connectivity index (χ1n) is 12.4. The minimum Gasteiger partial charge on any atom is -0.469 e. The van der Waals surface area contributed by atoms with Gasteiger partial charge in [-0.3, -0.25) is 9.59 Å². The number of nitrogens with one attached hydrogen (secondary N) is 2. The average molecular weight is 481 g/mol. The van der Waals surface area contributed by atoms with Crippen molar-refractivity contribution in [2.24, 2.45) is 22.7 Å². The maximum absolute atomic E-state index is 13.5. The molecule has 4 aliphatic rings. The van der Waals surface area contributed by atoms with Crippen molar-refractivity contribution in [1.82, 2.24) is 10.6 Å². The molecule has 3 atom stereocenters. The van der Waals surface area contributed by atoms with E-state index in [0.717, 1.165) is 32.1 Å². The van der Waals surface area contributed by atoms with E-state index in [1.165, 1.54) is 14.2 Å². The zero-order chi connectivity index (χ0) is 25.1. The zero-order valence-corrected chi connectivity index (χ0v) is 21.2. The van der Waals surface area contributed by atoms with Crippen LogP contribution in [0.5, 0.6) is 0 Å². The lowest BCUT2D eigenvalue weighted by molar-refractivity contribution is -0.182. The Bertz CT molecular complexity index is 790. The van der Waals surface area contributed by atoms with Gasteiger partial charge in [-0.2, -0.15) is 0 Å². The summed E-state index contributed by atoms with van der Waals surface area (Å²) in [5.41, 5.74) is -1.78. The van der Waals surface area contributed by atoms with Gasteiger partial charge in [-0.05, 0) is 90.4 Å². The highest BCUT2D eigenvalue weighted by Gasteiger charge is 2.63. The van der Waals surface area contributed by atoms with Gasteiger partial charge in [0, 0.05) is 6.54 Å². The summed E-state index contributed by atoms with van der Waals surface area (Å²) in [6.45, 7) is 5.80. The molecule has 0 aromatic carbocycles. The molecule has 4 rings (SSSR count). The van der Waals surface area contributed by atoms with E-state index in [2.05, 4.69) is 10.6 Å². The third-order valence-corrected chi connectivity index (χ3v) is 7.54. The third-order valence-electron chi connectivity index (χ3n) is 7.54. The second-order valence-electron chi connectivity index (χ2n) is 11.5. The number of esters is 2. The molecule has 0 aromatic rings. The molecule has 2 unspecified atom stereocenters. The Labute approximate surface area is 202 Å². The highest BCUT2D eigenvalue weighted by Crippen LogP contribution is 2.65. The molecule has 0 saturated heterocycles. The van der Waals surface area contributed by atoms with Crippen molar-refractivity contribution < 1.29 is 33.4 Å². The van der Waals surface area contributed by atoms with Gasteiger partial charge in [0.25, 0.3) is 0 Å². The molecule has 9 heteroatoms. The predicted octanol–water partition coefficient (Wildman–Crippen LogP) is 3.10. The van der Waals surface area contributed by atoms with Crippen molar-refractivity contribution in [1.29, 1.82) is 0 Å². The summed E-state index contributed by atoms with van der Waals surface area (Å²) >= 11 is 0. The van der Waals surface area contributed by atoms with Crippen LogP contribution in [0.4, 0.5) is 4.79 Å². The lowest BCUT2D eigenvalue weighted by Gasteiger charge is -2.59. The van der Waals surface area contributed by atoms with E-state index in [4.69, 9.17) is 14.2 Å². The molecule has 0 radical (unpaired) electrons. The van der Waals surface area contributed by atoms with Gasteiger partial charge in [0.2, 0.25) is 5.91 Å². The zero-order valence-electron chi connectivity index (χ0n) is 21.2. The van der Waals surface area contributed by atoms with Crippen molar-refractivity contribution in [3.63, 3.8) is 0 Å². The Balaban J connectivity index is 1.57. The summed E-state index contributed by atoms with van der Waals surface area (Å²) in [4.78, 5) is 50.4. The fourth-order valence-corrected chi connectivity index (χ4v) is 6.66. The smallest absolute Gasteiger partial charge is 0.407 e. The molecule has 0 heterocycles. The van der Waals surface area contributed by atoms with Gasteiger partial charge in [-0.15, -0.1) is 0 Å². The SMILES string of the molecule is COC(=O)[C@H](CCCCNC(=O)OC(C)(C)C)NC(=O)C12CC3CC(C1)CC(C(=O)OC)(C3)C2. The number of methoxy groups -OCH3 is 2. The minimum absolute atomic E-state index is 0.155. The van der Waals surface area contributed by atoms with Crippen LogP contribution < -0.4 is 10.6 Å². The monoisotopic (exact) mass is 480 g/mol. The normalized spacial score (nSPS) is 30.3. The molecule has 192 valence electrons. The number of rotatable bonds is 9. The van der Waals surface area contributed by atoms with Crippen LogP contribution in [0.1, 0.15) is 78.6 Å². The number of amides is 2. The van der Waals surface area contributed by atoms with Crippen LogP contribution in [0.2, 0.25) is 0 Å². The largest absolute Gasteiger partial charge is 0.469 e. The number of carbonyl (C=O) groups is 4. The molecule has 34 heavy (non-hydrogen) atoms. The van der Waals surface area contributed by atoms with Crippen LogP contribution >= 0.6 is 0 Å². The summed E-state index contributed by atoms with van der Waals surface area (Å²) in [5, 5.41) is 5.65. The highest BCUT2D eigenvalue weighted by atomic mass is 16.6. The van der Waals surface area contributed by atoms with Crippen LogP contribution in [-0.2, 0) is 28.6 Å².